The summed E-state index contributed by atoms with van der Waals surface area (Å²) in [5.74, 6) is -0.249. The summed E-state index contributed by atoms with van der Waals surface area (Å²) < 4.78 is 31.8. The van der Waals surface area contributed by atoms with Gasteiger partial charge < -0.3 is 15.0 Å². The molecular formula is C22H27N3O4S. The van der Waals surface area contributed by atoms with Gasteiger partial charge >= 0.3 is 0 Å². The van der Waals surface area contributed by atoms with Gasteiger partial charge in [-0.25, -0.2) is 13.1 Å². The second-order valence-corrected chi connectivity index (χ2v) is 8.76. The largest absolute Gasteiger partial charge is 0.378 e. The molecule has 0 aromatic heterocycles. The molecule has 2 aromatic carbocycles. The number of hydrogen-bond donors (Lipinski definition) is 2. The Balaban J connectivity index is 1.61. The predicted molar refractivity (Wildman–Crippen MR) is 119 cm³/mol. The maximum absolute atomic E-state index is 12.3. The summed E-state index contributed by atoms with van der Waals surface area (Å²) in [4.78, 5) is 14.8. The summed E-state index contributed by atoms with van der Waals surface area (Å²) in [5.41, 5.74) is 3.60. The number of benzene rings is 2. The fraction of sp³-hybridized carbons (Fsp3) is 0.318. The van der Waals surface area contributed by atoms with Crippen molar-refractivity contribution in [2.75, 3.05) is 43.1 Å². The third-order valence-corrected chi connectivity index (χ3v) is 6.36. The van der Waals surface area contributed by atoms with Crippen molar-refractivity contribution in [3.05, 3.63) is 59.7 Å². The highest BCUT2D eigenvalue weighted by Crippen LogP contribution is 2.23. The SMILES string of the molecule is CCNS(=O)(=O)c1ccc(/C=C/C(=O)Nc2ccc(N3CCOCC3)cc2C)cc1. The van der Waals surface area contributed by atoms with E-state index < -0.39 is 10.0 Å². The van der Waals surface area contributed by atoms with Crippen LogP contribution < -0.4 is 14.9 Å². The second kappa shape index (κ2) is 9.88. The lowest BCUT2D eigenvalue weighted by atomic mass is 10.1. The number of ether oxygens (including phenoxy) is 1. The van der Waals surface area contributed by atoms with Crippen molar-refractivity contribution in [3.8, 4) is 0 Å². The van der Waals surface area contributed by atoms with Gasteiger partial charge in [-0.05, 0) is 54.5 Å². The smallest absolute Gasteiger partial charge is 0.248 e. The maximum Gasteiger partial charge on any atom is 0.248 e. The van der Waals surface area contributed by atoms with Crippen molar-refractivity contribution < 1.29 is 17.9 Å². The predicted octanol–water partition coefficient (Wildman–Crippen LogP) is 2.78. The molecule has 0 spiro atoms. The van der Waals surface area contributed by atoms with Gasteiger partial charge in [0.25, 0.3) is 0 Å². The summed E-state index contributed by atoms with van der Waals surface area (Å²) in [7, 11) is -3.48. The Morgan fingerprint density at radius 1 is 1.13 bits per heavy atom. The van der Waals surface area contributed by atoms with Crippen molar-refractivity contribution in [2.45, 2.75) is 18.7 Å². The van der Waals surface area contributed by atoms with Crippen molar-refractivity contribution in [1.82, 2.24) is 4.72 Å². The zero-order chi connectivity index (χ0) is 21.6. The molecule has 0 saturated carbocycles. The molecule has 160 valence electrons. The molecule has 3 rings (SSSR count). The number of morpholine rings is 1. The Kier molecular flexibility index (Phi) is 7.25. The number of amides is 1. The lowest BCUT2D eigenvalue weighted by Gasteiger charge is -2.29. The Labute approximate surface area is 177 Å². The van der Waals surface area contributed by atoms with E-state index in [0.29, 0.717) is 6.54 Å². The van der Waals surface area contributed by atoms with Crippen LogP contribution in [0.2, 0.25) is 0 Å². The molecule has 0 bridgehead atoms. The normalized spacial score (nSPS) is 14.8. The second-order valence-electron chi connectivity index (χ2n) is 6.99. The van der Waals surface area contributed by atoms with Gasteiger partial charge in [-0.15, -0.1) is 0 Å². The van der Waals surface area contributed by atoms with Gasteiger partial charge in [-0.1, -0.05) is 19.1 Å². The first kappa shape index (κ1) is 22.0. The van der Waals surface area contributed by atoms with E-state index in [2.05, 4.69) is 21.0 Å². The first-order valence-electron chi connectivity index (χ1n) is 9.91. The first-order chi connectivity index (χ1) is 14.4. The number of rotatable bonds is 7. The average Bonchev–Trinajstić information content (AvgIpc) is 2.74. The van der Waals surface area contributed by atoms with Crippen LogP contribution in [0.4, 0.5) is 11.4 Å². The zero-order valence-corrected chi connectivity index (χ0v) is 18.0. The molecule has 2 N–H and O–H groups in total. The molecule has 8 heteroatoms. The number of hydrogen-bond acceptors (Lipinski definition) is 5. The summed E-state index contributed by atoms with van der Waals surface area (Å²) in [6.45, 7) is 7.20. The van der Waals surface area contributed by atoms with Crippen LogP contribution in [-0.2, 0) is 19.6 Å². The highest BCUT2D eigenvalue weighted by Gasteiger charge is 2.13. The summed E-state index contributed by atoms with van der Waals surface area (Å²) in [6, 6.07) is 12.3. The van der Waals surface area contributed by atoms with Crippen molar-refractivity contribution in [3.63, 3.8) is 0 Å². The van der Waals surface area contributed by atoms with Gasteiger partial charge in [-0.3, -0.25) is 4.79 Å². The Bertz CT molecular complexity index is 1010. The Hall–Kier alpha value is -2.68. The van der Waals surface area contributed by atoms with Crippen LogP contribution in [0, 0.1) is 6.92 Å². The van der Waals surface area contributed by atoms with Gasteiger partial charge in [-0.2, -0.15) is 0 Å². The maximum atomic E-state index is 12.3. The number of nitrogens with one attached hydrogen (secondary N) is 2. The number of carbonyl (C=O) groups excluding carboxylic acids is 1. The van der Waals surface area contributed by atoms with Crippen molar-refractivity contribution in [2.24, 2.45) is 0 Å². The lowest BCUT2D eigenvalue weighted by Crippen LogP contribution is -2.36. The van der Waals surface area contributed by atoms with Gasteiger partial charge in [0.05, 0.1) is 18.1 Å². The molecule has 0 radical (unpaired) electrons. The molecule has 1 fully saturated rings. The third kappa shape index (κ3) is 5.69. The van der Waals surface area contributed by atoms with Crippen molar-refractivity contribution >= 4 is 33.4 Å². The molecule has 1 heterocycles. The monoisotopic (exact) mass is 429 g/mol. The summed E-state index contributed by atoms with van der Waals surface area (Å²) in [5, 5.41) is 2.89. The molecule has 7 nitrogen and oxygen atoms in total. The third-order valence-electron chi connectivity index (χ3n) is 4.80. The van der Waals surface area contributed by atoms with E-state index >= 15 is 0 Å². The van der Waals surface area contributed by atoms with Crippen LogP contribution in [0.15, 0.2) is 53.4 Å². The van der Waals surface area contributed by atoms with E-state index in [1.165, 1.54) is 18.2 Å². The van der Waals surface area contributed by atoms with E-state index in [4.69, 9.17) is 4.74 Å². The number of nitrogens with zero attached hydrogens (tertiary/aromatic N) is 1. The number of sulfonamides is 1. The molecule has 2 aromatic rings. The fourth-order valence-corrected chi connectivity index (χ4v) is 4.23. The van der Waals surface area contributed by atoms with Crippen LogP contribution in [-0.4, -0.2) is 47.2 Å². The minimum atomic E-state index is -3.48. The molecule has 1 aliphatic heterocycles. The van der Waals surface area contributed by atoms with E-state index in [1.807, 2.05) is 19.1 Å². The zero-order valence-electron chi connectivity index (χ0n) is 17.2. The molecular weight excluding hydrogens is 402 g/mol. The molecule has 30 heavy (non-hydrogen) atoms. The van der Waals surface area contributed by atoms with Gasteiger partial charge in [0.2, 0.25) is 15.9 Å². The number of carbonyl (C=O) groups is 1. The molecule has 1 aliphatic rings. The van der Waals surface area contributed by atoms with E-state index in [1.54, 1.807) is 25.1 Å². The molecule has 1 amide bonds. The lowest BCUT2D eigenvalue weighted by molar-refractivity contribution is -0.111. The minimum Gasteiger partial charge on any atom is -0.378 e. The fourth-order valence-electron chi connectivity index (χ4n) is 3.18. The Morgan fingerprint density at radius 3 is 2.47 bits per heavy atom. The number of anilines is 2. The van der Waals surface area contributed by atoms with Crippen LogP contribution in [0.5, 0.6) is 0 Å². The van der Waals surface area contributed by atoms with E-state index in [0.717, 1.165) is 48.8 Å². The average molecular weight is 430 g/mol. The molecule has 0 aliphatic carbocycles. The van der Waals surface area contributed by atoms with Crippen LogP contribution in [0.25, 0.3) is 6.08 Å². The van der Waals surface area contributed by atoms with Gasteiger partial charge in [0.15, 0.2) is 0 Å². The van der Waals surface area contributed by atoms with Crippen LogP contribution in [0.3, 0.4) is 0 Å². The van der Waals surface area contributed by atoms with Gasteiger partial charge in [0, 0.05) is 37.1 Å². The molecule has 0 atom stereocenters. The van der Waals surface area contributed by atoms with Crippen molar-refractivity contribution in [1.29, 1.82) is 0 Å². The van der Waals surface area contributed by atoms with E-state index in [-0.39, 0.29) is 10.8 Å². The molecule has 1 saturated heterocycles. The highest BCUT2D eigenvalue weighted by molar-refractivity contribution is 7.89. The summed E-state index contributed by atoms with van der Waals surface area (Å²) in [6.07, 6.45) is 3.08. The Morgan fingerprint density at radius 2 is 1.83 bits per heavy atom. The standard InChI is InChI=1S/C22H27N3O4S/c1-3-23-30(27,28)20-8-4-18(5-9-20)6-11-22(26)24-21-10-7-19(16-17(21)2)25-12-14-29-15-13-25/h4-11,16,23H,3,12-15H2,1-2H3,(H,24,26)/b11-6+. The first-order valence-corrected chi connectivity index (χ1v) is 11.4. The van der Waals surface area contributed by atoms with E-state index in [9.17, 15) is 13.2 Å². The summed E-state index contributed by atoms with van der Waals surface area (Å²) >= 11 is 0. The topological polar surface area (TPSA) is 87.7 Å². The quantitative estimate of drug-likeness (QED) is 0.661. The van der Waals surface area contributed by atoms with Crippen LogP contribution >= 0.6 is 0 Å². The number of aryl methyl sites for hydroxylation is 1. The highest BCUT2D eigenvalue weighted by atomic mass is 32.2. The van der Waals surface area contributed by atoms with Crippen LogP contribution in [0.1, 0.15) is 18.1 Å². The van der Waals surface area contributed by atoms with Gasteiger partial charge in [0.1, 0.15) is 0 Å². The minimum absolute atomic E-state index is 0.196. The molecule has 0 unspecified atom stereocenters.